The molecule has 0 N–H and O–H groups in total. The Morgan fingerprint density at radius 2 is 1.77 bits per heavy atom. The summed E-state index contributed by atoms with van der Waals surface area (Å²) < 4.78 is 5.44. The van der Waals surface area contributed by atoms with Gasteiger partial charge < -0.3 is 9.64 Å². The summed E-state index contributed by atoms with van der Waals surface area (Å²) >= 11 is 0. The van der Waals surface area contributed by atoms with Crippen LogP contribution in [0.25, 0.3) is 10.9 Å². The van der Waals surface area contributed by atoms with Crippen LogP contribution >= 0.6 is 0 Å². The van der Waals surface area contributed by atoms with Gasteiger partial charge in [0.1, 0.15) is 0 Å². The zero-order chi connectivity index (χ0) is 21.4. The van der Waals surface area contributed by atoms with Crippen LogP contribution in [0.1, 0.15) is 51.2 Å². The van der Waals surface area contributed by atoms with E-state index in [2.05, 4.69) is 4.98 Å². The highest BCUT2D eigenvalue weighted by Crippen LogP contribution is 2.30. The molecule has 6 heteroatoms. The van der Waals surface area contributed by atoms with Gasteiger partial charge in [-0.3, -0.25) is 14.6 Å². The van der Waals surface area contributed by atoms with Crippen LogP contribution in [-0.2, 0) is 22.4 Å². The van der Waals surface area contributed by atoms with E-state index in [1.54, 1.807) is 29.2 Å². The molecule has 1 aliphatic carbocycles. The minimum absolute atomic E-state index is 0.102. The van der Waals surface area contributed by atoms with Gasteiger partial charge in [-0.2, -0.15) is 0 Å². The highest BCUT2D eigenvalue weighted by Gasteiger charge is 2.25. The Morgan fingerprint density at radius 1 is 0.968 bits per heavy atom. The number of hydrogen-bond donors (Lipinski definition) is 0. The van der Waals surface area contributed by atoms with Gasteiger partial charge in [0, 0.05) is 35.3 Å². The first-order chi connectivity index (χ1) is 15.1. The van der Waals surface area contributed by atoms with E-state index in [-0.39, 0.29) is 18.3 Å². The third-order valence-electron chi connectivity index (χ3n) is 6.03. The topological polar surface area (TPSA) is 76.6 Å². The fraction of sp³-hybridized carbons (Fsp3) is 0.280. The number of carbonyl (C=O) groups is 3. The number of aryl methyl sites for hydroxylation is 1. The van der Waals surface area contributed by atoms with Gasteiger partial charge in [0.2, 0.25) is 5.91 Å². The number of amides is 1. The summed E-state index contributed by atoms with van der Waals surface area (Å²) in [6.45, 7) is 0.375. The Bertz CT molecular complexity index is 1200. The van der Waals surface area contributed by atoms with E-state index in [0.29, 0.717) is 24.1 Å². The van der Waals surface area contributed by atoms with E-state index >= 15 is 0 Å². The predicted octanol–water partition coefficient (Wildman–Crippen LogP) is 3.89. The second-order valence-corrected chi connectivity index (χ2v) is 7.98. The minimum atomic E-state index is -0.482. The Morgan fingerprint density at radius 3 is 2.55 bits per heavy atom. The summed E-state index contributed by atoms with van der Waals surface area (Å²) in [6.07, 6.45) is 4.02. The number of aromatic nitrogens is 1. The number of benzene rings is 2. The van der Waals surface area contributed by atoms with Gasteiger partial charge in [0.05, 0.1) is 11.1 Å². The molecule has 0 atom stereocenters. The molecule has 2 aliphatic rings. The summed E-state index contributed by atoms with van der Waals surface area (Å²) in [4.78, 5) is 43.9. The third-order valence-corrected chi connectivity index (χ3v) is 6.03. The van der Waals surface area contributed by atoms with Crippen molar-refractivity contribution in [2.75, 3.05) is 18.1 Å². The van der Waals surface area contributed by atoms with Crippen molar-refractivity contribution in [3.63, 3.8) is 0 Å². The smallest absolute Gasteiger partial charge is 0.339 e. The van der Waals surface area contributed by atoms with E-state index in [0.717, 1.165) is 53.5 Å². The number of esters is 1. The number of fused-ring (bicyclic) bond motifs is 2. The molecule has 2 aromatic carbocycles. The molecular weight excluding hydrogens is 392 g/mol. The summed E-state index contributed by atoms with van der Waals surface area (Å²) in [7, 11) is 0. The van der Waals surface area contributed by atoms with E-state index in [9.17, 15) is 14.4 Å². The zero-order valence-electron chi connectivity index (χ0n) is 17.1. The lowest BCUT2D eigenvalue weighted by Crippen LogP contribution is -2.23. The number of ketones is 1. The molecule has 31 heavy (non-hydrogen) atoms. The summed E-state index contributed by atoms with van der Waals surface area (Å²) in [5.41, 5.74) is 4.44. The number of pyridine rings is 1. The Labute approximate surface area is 179 Å². The van der Waals surface area contributed by atoms with Crippen LogP contribution in [0.2, 0.25) is 0 Å². The largest absolute Gasteiger partial charge is 0.454 e. The first-order valence-corrected chi connectivity index (χ1v) is 10.6. The normalized spacial score (nSPS) is 15.4. The lowest BCUT2D eigenvalue weighted by atomic mass is 10.0. The van der Waals surface area contributed by atoms with Gasteiger partial charge >= 0.3 is 5.97 Å². The highest BCUT2D eigenvalue weighted by molar-refractivity contribution is 6.06. The van der Waals surface area contributed by atoms with Crippen LogP contribution in [0.4, 0.5) is 5.69 Å². The number of carbonyl (C=O) groups excluding carboxylic acids is 3. The molecule has 3 aromatic rings. The maximum atomic E-state index is 13.0. The Hall–Kier alpha value is -3.54. The van der Waals surface area contributed by atoms with Crippen LogP contribution in [0.3, 0.4) is 0 Å². The Balaban J connectivity index is 1.32. The average Bonchev–Trinajstić information content (AvgIpc) is 3.44. The van der Waals surface area contributed by atoms with Crippen molar-refractivity contribution in [1.82, 2.24) is 4.98 Å². The summed E-state index contributed by atoms with van der Waals surface area (Å²) in [6, 6.07) is 14.4. The monoisotopic (exact) mass is 414 g/mol. The predicted molar refractivity (Wildman–Crippen MR) is 116 cm³/mol. The maximum absolute atomic E-state index is 13.0. The second-order valence-electron chi connectivity index (χ2n) is 7.98. The van der Waals surface area contributed by atoms with Gasteiger partial charge in [0.15, 0.2) is 12.4 Å². The molecule has 0 bridgehead atoms. The lowest BCUT2D eigenvalue weighted by Gasteiger charge is -2.15. The van der Waals surface area contributed by atoms with Crippen molar-refractivity contribution in [3.05, 3.63) is 70.9 Å². The lowest BCUT2D eigenvalue weighted by molar-refractivity contribution is -0.117. The van der Waals surface area contributed by atoms with Gasteiger partial charge in [-0.25, -0.2) is 4.79 Å². The van der Waals surface area contributed by atoms with Gasteiger partial charge in [-0.1, -0.05) is 18.2 Å². The first-order valence-electron chi connectivity index (χ1n) is 10.6. The first kappa shape index (κ1) is 19.4. The number of ether oxygens (including phenoxy) is 1. The fourth-order valence-electron chi connectivity index (χ4n) is 4.48. The van der Waals surface area contributed by atoms with Gasteiger partial charge in [-0.05, 0) is 61.6 Å². The van der Waals surface area contributed by atoms with Crippen molar-refractivity contribution in [1.29, 1.82) is 0 Å². The molecule has 0 spiro atoms. The molecule has 0 unspecified atom stereocenters. The van der Waals surface area contributed by atoms with E-state index in [1.807, 2.05) is 24.3 Å². The molecule has 0 saturated carbocycles. The molecule has 5 rings (SSSR count). The molecule has 1 amide bonds. The van der Waals surface area contributed by atoms with Crippen LogP contribution in [0.5, 0.6) is 0 Å². The van der Waals surface area contributed by atoms with Crippen LogP contribution in [-0.4, -0.2) is 35.8 Å². The third kappa shape index (κ3) is 3.58. The molecule has 0 radical (unpaired) electrons. The number of rotatable bonds is 5. The van der Waals surface area contributed by atoms with Crippen molar-refractivity contribution in [2.45, 2.75) is 32.1 Å². The summed E-state index contributed by atoms with van der Waals surface area (Å²) in [5.74, 6) is -0.655. The standard InChI is InChI=1S/C25H22N2O4/c28-22(16-10-12-17(13-11-16)27-14-4-9-23(27)29)15-31-25(30)24-18-5-1-2-7-20(18)26-21-8-3-6-19(21)24/h1-2,5,7,10-13H,3-4,6,8-9,14-15H2. The number of nitrogens with zero attached hydrogens (tertiary/aromatic N) is 2. The van der Waals surface area contributed by atoms with Crippen LogP contribution in [0, 0.1) is 0 Å². The SMILES string of the molecule is O=C(COC(=O)c1c2c(nc3ccccc13)CCC2)c1ccc(N2CCCC2=O)cc1. The van der Waals surface area contributed by atoms with E-state index in [4.69, 9.17) is 4.74 Å². The molecule has 6 nitrogen and oxygen atoms in total. The Kier molecular flexibility index (Phi) is 4.98. The second kappa shape index (κ2) is 7.95. The van der Waals surface area contributed by atoms with Crippen molar-refractivity contribution in [2.24, 2.45) is 0 Å². The van der Waals surface area contributed by atoms with Crippen molar-refractivity contribution in [3.8, 4) is 0 Å². The number of Topliss-reactive ketones (excluding diaryl/α,β-unsaturated/α-hetero) is 1. The zero-order valence-corrected chi connectivity index (χ0v) is 17.1. The molecular formula is C25H22N2O4. The number of hydrogen-bond acceptors (Lipinski definition) is 5. The molecule has 1 saturated heterocycles. The van der Waals surface area contributed by atoms with Crippen LogP contribution in [0.15, 0.2) is 48.5 Å². The van der Waals surface area contributed by atoms with E-state index in [1.165, 1.54) is 0 Å². The van der Waals surface area contributed by atoms with E-state index < -0.39 is 5.97 Å². The van der Waals surface area contributed by atoms with Gasteiger partial charge in [-0.15, -0.1) is 0 Å². The average molecular weight is 414 g/mol. The number of para-hydroxylation sites is 1. The van der Waals surface area contributed by atoms with Gasteiger partial charge in [0.25, 0.3) is 0 Å². The highest BCUT2D eigenvalue weighted by atomic mass is 16.5. The molecule has 2 heterocycles. The van der Waals surface area contributed by atoms with Crippen molar-refractivity contribution < 1.29 is 19.1 Å². The molecule has 1 aromatic heterocycles. The summed E-state index contributed by atoms with van der Waals surface area (Å²) in [5, 5.41) is 0.764. The number of anilines is 1. The minimum Gasteiger partial charge on any atom is -0.454 e. The fourth-order valence-corrected chi connectivity index (χ4v) is 4.48. The molecule has 156 valence electrons. The van der Waals surface area contributed by atoms with Crippen LogP contribution < -0.4 is 4.90 Å². The van der Waals surface area contributed by atoms with Crippen molar-refractivity contribution >= 4 is 34.3 Å². The maximum Gasteiger partial charge on any atom is 0.339 e. The quantitative estimate of drug-likeness (QED) is 0.468. The molecule has 1 aliphatic heterocycles. The molecule has 1 fully saturated rings.